The van der Waals surface area contributed by atoms with Gasteiger partial charge >= 0.3 is 0 Å². The van der Waals surface area contributed by atoms with Gasteiger partial charge in [-0.05, 0) is 43.7 Å². The number of hydrogen-bond donors (Lipinski definition) is 3. The number of hydrogen-bond acceptors (Lipinski definition) is 4. The molecule has 0 fully saturated rings. The number of anilines is 1. The average molecular weight is 544 g/mol. The Bertz CT molecular complexity index is 864. The molecule has 0 radical (unpaired) electrons. The van der Waals surface area contributed by atoms with Crippen LogP contribution >= 0.6 is 24.0 Å². The number of nitrogens with one attached hydrogen (secondary N) is 3. The normalized spacial score (nSPS) is 10.6. The van der Waals surface area contributed by atoms with E-state index in [1.165, 1.54) is 12.1 Å². The number of carbonyl (C=O) groups is 1. The molecule has 1 amide bonds. The van der Waals surface area contributed by atoms with Crippen LogP contribution in [-0.2, 0) is 11.2 Å². The van der Waals surface area contributed by atoms with Gasteiger partial charge in [0.05, 0.1) is 26.7 Å². The number of rotatable bonds is 10. The Balaban J connectivity index is 0.00000480. The third-order valence-electron chi connectivity index (χ3n) is 4.03. The fraction of sp³-hybridized carbons (Fsp3) is 0.364. The first kappa shape index (κ1) is 26.5. The van der Waals surface area contributed by atoms with Gasteiger partial charge < -0.3 is 25.4 Å². The van der Waals surface area contributed by atoms with Crippen molar-refractivity contribution in [3.63, 3.8) is 0 Å². The van der Waals surface area contributed by atoms with E-state index in [0.29, 0.717) is 49.3 Å². The molecule has 7 nitrogen and oxygen atoms in total. The molecule has 170 valence electrons. The van der Waals surface area contributed by atoms with Crippen molar-refractivity contribution in [2.45, 2.75) is 20.3 Å². The third kappa shape index (κ3) is 9.41. The summed E-state index contributed by atoms with van der Waals surface area (Å²) in [5.41, 5.74) is 1.43. The van der Waals surface area contributed by atoms with E-state index >= 15 is 0 Å². The molecule has 0 aliphatic rings. The van der Waals surface area contributed by atoms with Crippen LogP contribution in [0.1, 0.15) is 19.4 Å². The van der Waals surface area contributed by atoms with E-state index in [0.717, 1.165) is 5.69 Å². The van der Waals surface area contributed by atoms with Crippen LogP contribution in [0.4, 0.5) is 10.1 Å². The molecule has 3 N–H and O–H groups in total. The van der Waals surface area contributed by atoms with Crippen LogP contribution in [0.2, 0.25) is 0 Å². The molecule has 2 aromatic carbocycles. The molecule has 0 aliphatic carbocycles. The van der Waals surface area contributed by atoms with Crippen molar-refractivity contribution in [2.24, 2.45) is 4.99 Å². The highest BCUT2D eigenvalue weighted by Gasteiger charge is 2.07. The molecular formula is C22H30FIN4O3. The SMILES string of the molecule is CCNC(=NCCNC(=O)Cc1cccc(F)c1)Nc1ccc(OC)c(OCC)c1.I. The molecule has 0 saturated heterocycles. The van der Waals surface area contributed by atoms with Crippen molar-refractivity contribution in [3.8, 4) is 11.5 Å². The minimum atomic E-state index is -0.350. The van der Waals surface area contributed by atoms with Crippen LogP contribution in [0.5, 0.6) is 11.5 Å². The highest BCUT2D eigenvalue weighted by atomic mass is 127. The minimum Gasteiger partial charge on any atom is -0.493 e. The van der Waals surface area contributed by atoms with Crippen LogP contribution in [0.3, 0.4) is 0 Å². The summed E-state index contributed by atoms with van der Waals surface area (Å²) in [4.78, 5) is 16.5. The quantitative estimate of drug-likeness (QED) is 0.184. The monoisotopic (exact) mass is 544 g/mol. The van der Waals surface area contributed by atoms with E-state index in [2.05, 4.69) is 20.9 Å². The van der Waals surface area contributed by atoms with Crippen molar-refractivity contribution in [1.29, 1.82) is 0 Å². The van der Waals surface area contributed by atoms with Crippen molar-refractivity contribution in [3.05, 3.63) is 53.8 Å². The molecule has 0 bridgehead atoms. The van der Waals surface area contributed by atoms with Gasteiger partial charge in [0.2, 0.25) is 5.91 Å². The van der Waals surface area contributed by atoms with Gasteiger partial charge in [0.15, 0.2) is 17.5 Å². The van der Waals surface area contributed by atoms with Gasteiger partial charge in [0, 0.05) is 24.8 Å². The standard InChI is InChI=1S/C22H29FN4O3.HI/c1-4-24-22(27-18-9-10-19(29-3)20(15-18)30-5-2)26-12-11-25-21(28)14-16-7-6-8-17(23)13-16;/h6-10,13,15H,4-5,11-12,14H2,1-3H3,(H,25,28)(H2,24,26,27);1H. The van der Waals surface area contributed by atoms with Gasteiger partial charge in [-0.3, -0.25) is 9.79 Å². The largest absolute Gasteiger partial charge is 0.493 e. The van der Waals surface area contributed by atoms with Gasteiger partial charge in [-0.2, -0.15) is 0 Å². The van der Waals surface area contributed by atoms with Gasteiger partial charge in [-0.15, -0.1) is 24.0 Å². The predicted octanol–water partition coefficient (Wildman–Crippen LogP) is 3.59. The molecule has 0 atom stereocenters. The van der Waals surface area contributed by atoms with E-state index in [1.54, 1.807) is 19.2 Å². The molecule has 0 saturated carbocycles. The second-order valence-electron chi connectivity index (χ2n) is 6.34. The number of benzene rings is 2. The summed E-state index contributed by atoms with van der Waals surface area (Å²) < 4.78 is 24.1. The number of nitrogens with zero attached hydrogens (tertiary/aromatic N) is 1. The summed E-state index contributed by atoms with van der Waals surface area (Å²) >= 11 is 0. The fourth-order valence-electron chi connectivity index (χ4n) is 2.72. The van der Waals surface area contributed by atoms with Crippen molar-refractivity contribution < 1.29 is 18.7 Å². The topological polar surface area (TPSA) is 84.0 Å². The summed E-state index contributed by atoms with van der Waals surface area (Å²) in [6, 6.07) is 11.6. The zero-order chi connectivity index (χ0) is 21.8. The van der Waals surface area contributed by atoms with Crippen molar-refractivity contribution in [2.75, 3.05) is 38.7 Å². The smallest absolute Gasteiger partial charge is 0.224 e. The van der Waals surface area contributed by atoms with Crippen LogP contribution in [0, 0.1) is 5.82 Å². The molecule has 0 heterocycles. The summed E-state index contributed by atoms with van der Waals surface area (Å²) in [7, 11) is 1.60. The second kappa shape index (κ2) is 14.4. The molecule has 2 rings (SSSR count). The molecule has 0 unspecified atom stereocenters. The molecule has 0 aromatic heterocycles. The predicted molar refractivity (Wildman–Crippen MR) is 132 cm³/mol. The Morgan fingerprint density at radius 3 is 2.58 bits per heavy atom. The fourth-order valence-corrected chi connectivity index (χ4v) is 2.72. The number of carbonyl (C=O) groups excluding carboxylic acids is 1. The van der Waals surface area contributed by atoms with E-state index in [4.69, 9.17) is 9.47 Å². The van der Waals surface area contributed by atoms with Crippen LogP contribution < -0.4 is 25.4 Å². The lowest BCUT2D eigenvalue weighted by molar-refractivity contribution is -0.120. The lowest BCUT2D eigenvalue weighted by atomic mass is 10.1. The van der Waals surface area contributed by atoms with Gasteiger partial charge in [-0.1, -0.05) is 12.1 Å². The summed E-state index contributed by atoms with van der Waals surface area (Å²) in [6.45, 7) is 5.86. The Kier molecular flexibility index (Phi) is 12.3. The first-order valence-electron chi connectivity index (χ1n) is 9.93. The molecule has 31 heavy (non-hydrogen) atoms. The number of guanidine groups is 1. The van der Waals surface area contributed by atoms with Crippen LogP contribution in [0.25, 0.3) is 0 Å². The van der Waals surface area contributed by atoms with Gasteiger partial charge in [0.25, 0.3) is 0 Å². The lowest BCUT2D eigenvalue weighted by Crippen LogP contribution is -2.32. The summed E-state index contributed by atoms with van der Waals surface area (Å²) in [5, 5.41) is 9.16. The van der Waals surface area contributed by atoms with E-state index < -0.39 is 0 Å². The van der Waals surface area contributed by atoms with E-state index in [1.807, 2.05) is 32.0 Å². The summed E-state index contributed by atoms with van der Waals surface area (Å²) in [6.07, 6.45) is 0.131. The molecule has 0 spiro atoms. The zero-order valence-corrected chi connectivity index (χ0v) is 20.4. The number of methoxy groups -OCH3 is 1. The van der Waals surface area contributed by atoms with Gasteiger partial charge in [0.1, 0.15) is 5.82 Å². The van der Waals surface area contributed by atoms with Crippen molar-refractivity contribution >= 4 is 41.5 Å². The van der Waals surface area contributed by atoms with E-state index in [9.17, 15) is 9.18 Å². The molecule has 9 heteroatoms. The lowest BCUT2D eigenvalue weighted by Gasteiger charge is -2.14. The number of aliphatic imine (C=N–C) groups is 1. The van der Waals surface area contributed by atoms with Gasteiger partial charge in [-0.25, -0.2) is 4.39 Å². The Labute approximate surface area is 199 Å². The van der Waals surface area contributed by atoms with Crippen molar-refractivity contribution in [1.82, 2.24) is 10.6 Å². The molecule has 2 aromatic rings. The summed E-state index contributed by atoms with van der Waals surface area (Å²) in [5.74, 6) is 1.36. The maximum atomic E-state index is 13.2. The maximum Gasteiger partial charge on any atom is 0.224 e. The first-order chi connectivity index (χ1) is 14.5. The number of ether oxygens (including phenoxy) is 2. The highest BCUT2D eigenvalue weighted by Crippen LogP contribution is 2.30. The third-order valence-corrected chi connectivity index (χ3v) is 4.03. The molecular weight excluding hydrogens is 514 g/mol. The van der Waals surface area contributed by atoms with E-state index in [-0.39, 0.29) is 42.1 Å². The second-order valence-corrected chi connectivity index (χ2v) is 6.34. The first-order valence-corrected chi connectivity index (χ1v) is 9.93. The van der Waals surface area contributed by atoms with Crippen LogP contribution in [-0.4, -0.2) is 45.2 Å². The number of amides is 1. The maximum absolute atomic E-state index is 13.2. The average Bonchev–Trinajstić information content (AvgIpc) is 2.72. The number of halogens is 2. The van der Waals surface area contributed by atoms with Crippen LogP contribution in [0.15, 0.2) is 47.5 Å². The minimum absolute atomic E-state index is 0. The molecule has 0 aliphatic heterocycles. The Morgan fingerprint density at radius 2 is 1.90 bits per heavy atom. The Hall–Kier alpha value is -2.56. The Morgan fingerprint density at radius 1 is 1.10 bits per heavy atom. The zero-order valence-electron chi connectivity index (χ0n) is 18.0. The highest BCUT2D eigenvalue weighted by molar-refractivity contribution is 14.0.